The topological polar surface area (TPSA) is 292 Å². The number of benzene rings is 1. The van der Waals surface area contributed by atoms with Crippen LogP contribution in [0.25, 0.3) is 0 Å². The average Bonchev–Trinajstić information content (AvgIpc) is 2.99. The zero-order chi connectivity index (χ0) is 32.5. The van der Waals surface area contributed by atoms with Gasteiger partial charge in [0.25, 0.3) is 10.1 Å². The highest BCUT2D eigenvalue weighted by Gasteiger charge is 2.53. The Morgan fingerprint density at radius 2 is 1.14 bits per heavy atom. The Morgan fingerprint density at radius 1 is 0.636 bits per heavy atom. The summed E-state index contributed by atoms with van der Waals surface area (Å²) in [5.41, 5.74) is 0.736. The molecule has 3 heterocycles. The Hall–Kier alpha value is -1.47. The summed E-state index contributed by atoms with van der Waals surface area (Å²) in [5, 5.41) is 102. The lowest BCUT2D eigenvalue weighted by molar-refractivity contribution is -0.358. The van der Waals surface area contributed by atoms with Crippen molar-refractivity contribution in [1.82, 2.24) is 0 Å². The first kappa shape index (κ1) is 35.4. The predicted octanol–water partition coefficient (Wildman–Crippen LogP) is -5.85. The molecular weight excluding hydrogens is 620 g/mol. The van der Waals surface area contributed by atoms with Crippen molar-refractivity contribution in [2.45, 2.75) is 104 Å². The molecule has 0 saturated carbocycles. The predicted molar refractivity (Wildman–Crippen MR) is 138 cm³/mol. The lowest BCUT2D eigenvalue weighted by Crippen LogP contribution is -2.65. The molecule has 44 heavy (non-hydrogen) atoms. The molecule has 0 aromatic heterocycles. The summed E-state index contributed by atoms with van der Waals surface area (Å²) in [6.07, 6.45) is -26.9. The van der Waals surface area contributed by atoms with Crippen LogP contribution in [0.5, 0.6) is 0 Å². The van der Waals surface area contributed by atoms with Crippen LogP contribution in [0.4, 0.5) is 0 Å². The molecule has 3 fully saturated rings. The summed E-state index contributed by atoms with van der Waals surface area (Å²) in [6.45, 7) is -0.621. The molecule has 0 amide bonds. The average molecular weight is 659 g/mol. The van der Waals surface area contributed by atoms with Crippen LogP contribution in [-0.4, -0.2) is 171 Å². The highest BCUT2D eigenvalue weighted by Crippen LogP contribution is 2.32. The van der Waals surface area contributed by atoms with Gasteiger partial charge in [-0.15, -0.1) is 0 Å². The molecule has 0 aliphatic carbocycles. The minimum atomic E-state index is -4.62. The van der Waals surface area contributed by atoms with Crippen LogP contribution < -0.4 is 0 Å². The van der Waals surface area contributed by atoms with Gasteiger partial charge in [-0.25, -0.2) is 4.18 Å². The first-order valence-corrected chi connectivity index (χ1v) is 15.0. The molecule has 252 valence electrons. The first-order chi connectivity index (χ1) is 20.7. The standard InChI is InChI=1S/C25H38O18S/c1-9-2-4-10(5-3-9)44(36,37)43-25-21(35)22(42-24-20(34)18(32)15(29)12(7-27)40-24)16(30)13(41-25)8-38-23-19(33)17(31)14(28)11(6-26)39-23/h2-5,11-35H,6-8H2,1H3. The summed E-state index contributed by atoms with van der Waals surface area (Å²) in [7, 11) is -4.62. The van der Waals surface area contributed by atoms with E-state index in [0.717, 1.165) is 5.56 Å². The highest BCUT2D eigenvalue weighted by atomic mass is 32.2. The van der Waals surface area contributed by atoms with Gasteiger partial charge in [-0.1, -0.05) is 17.7 Å². The van der Waals surface area contributed by atoms with Crippen molar-refractivity contribution < 1.29 is 87.4 Å². The molecule has 15 unspecified atom stereocenters. The maximum absolute atomic E-state index is 13.0. The normalized spacial score (nSPS) is 43.6. The molecule has 1 aromatic carbocycles. The molecule has 19 heteroatoms. The third-order valence-corrected chi connectivity index (χ3v) is 8.88. The summed E-state index contributed by atoms with van der Waals surface area (Å²) in [4.78, 5) is -0.314. The molecular formula is C25H38O18S. The molecule has 0 spiro atoms. The van der Waals surface area contributed by atoms with Crippen LogP contribution >= 0.6 is 0 Å². The van der Waals surface area contributed by atoms with Gasteiger partial charge in [0, 0.05) is 0 Å². The SMILES string of the molecule is Cc1ccc(S(=O)(=O)OC2OC(COC3OC(CO)C(O)C(O)C3O)C(O)C(OC3OC(CO)C(O)C(O)C3O)C2O)cc1. The van der Waals surface area contributed by atoms with Gasteiger partial charge < -0.3 is 74.7 Å². The lowest BCUT2D eigenvalue weighted by atomic mass is 9.97. The van der Waals surface area contributed by atoms with E-state index in [1.54, 1.807) is 6.92 Å². The molecule has 10 N–H and O–H groups in total. The molecule has 18 nitrogen and oxygen atoms in total. The fraction of sp³-hybridized carbons (Fsp3) is 0.760. The van der Waals surface area contributed by atoms with Gasteiger partial charge in [0.15, 0.2) is 12.6 Å². The van der Waals surface area contributed by atoms with Gasteiger partial charge in [-0.05, 0) is 19.1 Å². The smallest absolute Gasteiger partial charge is 0.299 e. The Kier molecular flexibility index (Phi) is 11.7. The minimum absolute atomic E-state index is 0.314. The van der Waals surface area contributed by atoms with E-state index in [1.807, 2.05) is 0 Å². The van der Waals surface area contributed by atoms with E-state index >= 15 is 0 Å². The number of aliphatic hydroxyl groups excluding tert-OH is 10. The van der Waals surface area contributed by atoms with E-state index in [0.29, 0.717) is 0 Å². The molecule has 4 rings (SSSR count). The van der Waals surface area contributed by atoms with Gasteiger partial charge in [-0.3, -0.25) is 0 Å². The Labute approximate surface area is 251 Å². The zero-order valence-electron chi connectivity index (χ0n) is 23.2. The monoisotopic (exact) mass is 658 g/mol. The maximum Gasteiger partial charge on any atom is 0.299 e. The maximum atomic E-state index is 13.0. The molecule has 3 aliphatic heterocycles. The number of aryl methyl sites for hydroxylation is 1. The largest absolute Gasteiger partial charge is 0.394 e. The number of ether oxygens (including phenoxy) is 5. The second kappa shape index (κ2) is 14.5. The summed E-state index contributed by atoms with van der Waals surface area (Å²) in [6, 6.07) is 5.44. The summed E-state index contributed by atoms with van der Waals surface area (Å²) < 4.78 is 58.2. The van der Waals surface area contributed by atoms with Crippen molar-refractivity contribution >= 4 is 10.1 Å². The summed E-state index contributed by atoms with van der Waals surface area (Å²) >= 11 is 0. The van der Waals surface area contributed by atoms with E-state index in [9.17, 15) is 59.5 Å². The van der Waals surface area contributed by atoms with Crippen molar-refractivity contribution in [3.63, 3.8) is 0 Å². The summed E-state index contributed by atoms with van der Waals surface area (Å²) in [5.74, 6) is 0. The fourth-order valence-corrected chi connectivity index (χ4v) is 5.88. The number of aliphatic hydroxyl groups is 10. The van der Waals surface area contributed by atoms with Crippen LogP contribution in [0.3, 0.4) is 0 Å². The highest BCUT2D eigenvalue weighted by molar-refractivity contribution is 7.86. The Balaban J connectivity index is 1.57. The first-order valence-electron chi connectivity index (χ1n) is 13.6. The van der Waals surface area contributed by atoms with Crippen LogP contribution in [0.2, 0.25) is 0 Å². The van der Waals surface area contributed by atoms with Gasteiger partial charge in [-0.2, -0.15) is 8.42 Å². The van der Waals surface area contributed by atoms with Crippen molar-refractivity contribution in [2.24, 2.45) is 0 Å². The van der Waals surface area contributed by atoms with Gasteiger partial charge in [0.2, 0.25) is 6.29 Å². The number of hydrogen-bond acceptors (Lipinski definition) is 18. The molecule has 3 saturated heterocycles. The number of hydrogen-bond donors (Lipinski definition) is 10. The van der Waals surface area contributed by atoms with E-state index in [2.05, 4.69) is 0 Å². The quantitative estimate of drug-likeness (QED) is 0.105. The van der Waals surface area contributed by atoms with Crippen molar-refractivity contribution in [3.8, 4) is 0 Å². The molecule has 0 radical (unpaired) electrons. The number of rotatable bonds is 10. The lowest BCUT2D eigenvalue weighted by Gasteiger charge is -2.46. The van der Waals surface area contributed by atoms with E-state index in [-0.39, 0.29) is 4.90 Å². The molecule has 1 aromatic rings. The minimum Gasteiger partial charge on any atom is -0.394 e. The van der Waals surface area contributed by atoms with Gasteiger partial charge in [0.05, 0.1) is 24.7 Å². The molecule has 0 bridgehead atoms. The van der Waals surface area contributed by atoms with Gasteiger partial charge in [0.1, 0.15) is 73.2 Å². The van der Waals surface area contributed by atoms with E-state index in [4.69, 9.17) is 27.9 Å². The molecule has 15 atom stereocenters. The van der Waals surface area contributed by atoms with Crippen LogP contribution in [0.1, 0.15) is 5.56 Å². The Bertz CT molecular complexity index is 1170. The second-order valence-electron chi connectivity index (χ2n) is 10.7. The Morgan fingerprint density at radius 3 is 1.68 bits per heavy atom. The van der Waals surface area contributed by atoms with Crippen molar-refractivity contribution in [3.05, 3.63) is 29.8 Å². The molecule has 3 aliphatic rings. The van der Waals surface area contributed by atoms with Crippen molar-refractivity contribution in [1.29, 1.82) is 0 Å². The zero-order valence-corrected chi connectivity index (χ0v) is 24.1. The van der Waals surface area contributed by atoms with E-state index < -0.39 is 122 Å². The second-order valence-corrected chi connectivity index (χ2v) is 12.3. The third-order valence-electron chi connectivity index (χ3n) is 7.59. The fourth-order valence-electron chi connectivity index (χ4n) is 4.90. The van der Waals surface area contributed by atoms with Crippen molar-refractivity contribution in [2.75, 3.05) is 19.8 Å². The van der Waals surface area contributed by atoms with E-state index in [1.165, 1.54) is 24.3 Å². The van der Waals surface area contributed by atoms with Crippen LogP contribution in [0, 0.1) is 6.92 Å². The van der Waals surface area contributed by atoms with Crippen LogP contribution in [-0.2, 0) is 38.0 Å². The van der Waals surface area contributed by atoms with Crippen LogP contribution in [0.15, 0.2) is 29.2 Å². The van der Waals surface area contributed by atoms with Gasteiger partial charge >= 0.3 is 0 Å². The third kappa shape index (κ3) is 7.40.